The number of hydrogen-bond donors (Lipinski definition) is 2. The molecular formula is C13H23N3O. The number of nitrogens with zero attached hydrogens (tertiary/aromatic N) is 2. The van der Waals surface area contributed by atoms with Crippen molar-refractivity contribution in [1.29, 1.82) is 0 Å². The minimum atomic E-state index is 0.0828. The largest absolute Gasteiger partial charge is 0.506 e. The fourth-order valence-corrected chi connectivity index (χ4v) is 1.38. The third-order valence-corrected chi connectivity index (χ3v) is 3.15. The van der Waals surface area contributed by atoms with Crippen molar-refractivity contribution in [2.45, 2.75) is 32.9 Å². The molecule has 4 heteroatoms. The molecule has 2 N–H and O–H groups in total. The molecule has 0 spiro atoms. The lowest BCUT2D eigenvalue weighted by atomic mass is 10.0. The summed E-state index contributed by atoms with van der Waals surface area (Å²) >= 11 is 0. The molecule has 0 saturated heterocycles. The number of aromatic hydroxyl groups is 1. The normalized spacial score (nSPS) is 12.1. The second-order valence-corrected chi connectivity index (χ2v) is 5.23. The first-order valence-electron chi connectivity index (χ1n) is 5.86. The summed E-state index contributed by atoms with van der Waals surface area (Å²) in [6.45, 7) is 7.69. The molecule has 0 amide bonds. The molecule has 0 atom stereocenters. The summed E-state index contributed by atoms with van der Waals surface area (Å²) in [7, 11) is 4.12. The summed E-state index contributed by atoms with van der Waals surface area (Å²) in [6.07, 6.45) is 0. The Morgan fingerprint density at radius 2 is 2.00 bits per heavy atom. The van der Waals surface area contributed by atoms with Crippen LogP contribution < -0.4 is 5.32 Å². The molecule has 1 heterocycles. The van der Waals surface area contributed by atoms with E-state index in [2.05, 4.69) is 43.1 Å². The minimum Gasteiger partial charge on any atom is -0.506 e. The van der Waals surface area contributed by atoms with Gasteiger partial charge in [-0.15, -0.1) is 0 Å². The number of pyridine rings is 1. The van der Waals surface area contributed by atoms with Crippen LogP contribution in [0.5, 0.6) is 5.75 Å². The van der Waals surface area contributed by atoms with Gasteiger partial charge in [0.1, 0.15) is 5.75 Å². The highest BCUT2D eigenvalue weighted by molar-refractivity contribution is 5.27. The molecule has 0 saturated carbocycles. The van der Waals surface area contributed by atoms with E-state index in [0.29, 0.717) is 12.2 Å². The van der Waals surface area contributed by atoms with Gasteiger partial charge in [0.05, 0.1) is 5.69 Å². The van der Waals surface area contributed by atoms with Gasteiger partial charge in [-0.25, -0.2) is 0 Å². The molecule has 0 fully saturated rings. The Bertz CT molecular complexity index is 375. The van der Waals surface area contributed by atoms with Crippen LogP contribution in [0.15, 0.2) is 12.1 Å². The lowest BCUT2D eigenvalue weighted by molar-refractivity contribution is 0.189. The molecule has 0 aromatic carbocycles. The zero-order valence-corrected chi connectivity index (χ0v) is 11.4. The molecule has 96 valence electrons. The maximum Gasteiger partial charge on any atom is 0.138 e. The summed E-state index contributed by atoms with van der Waals surface area (Å²) < 4.78 is 0. The first kappa shape index (κ1) is 13.9. The highest BCUT2D eigenvalue weighted by Crippen LogP contribution is 2.15. The first-order chi connectivity index (χ1) is 7.83. The number of rotatable bonds is 5. The van der Waals surface area contributed by atoms with Crippen LogP contribution in [0.1, 0.15) is 25.2 Å². The summed E-state index contributed by atoms with van der Waals surface area (Å²) in [5, 5.41) is 13.0. The van der Waals surface area contributed by atoms with Crippen LogP contribution in [0.2, 0.25) is 0 Å². The average molecular weight is 237 g/mol. The summed E-state index contributed by atoms with van der Waals surface area (Å²) in [5.74, 6) is 0.255. The van der Waals surface area contributed by atoms with Gasteiger partial charge in [-0.2, -0.15) is 0 Å². The van der Waals surface area contributed by atoms with Gasteiger partial charge in [-0.1, -0.05) is 0 Å². The van der Waals surface area contributed by atoms with Crippen molar-refractivity contribution in [2.24, 2.45) is 0 Å². The quantitative estimate of drug-likeness (QED) is 0.815. The van der Waals surface area contributed by atoms with Gasteiger partial charge in [0.15, 0.2) is 0 Å². The van der Waals surface area contributed by atoms with Crippen LogP contribution >= 0.6 is 0 Å². The molecule has 17 heavy (non-hydrogen) atoms. The molecule has 0 bridgehead atoms. The summed E-state index contributed by atoms with van der Waals surface area (Å²) in [6, 6.07) is 3.50. The molecule has 1 aromatic rings. The SMILES string of the molecule is Cc1ccc(O)c(CNCC(C)(C)N(C)C)n1. The summed E-state index contributed by atoms with van der Waals surface area (Å²) in [4.78, 5) is 6.48. The van der Waals surface area contributed by atoms with Crippen molar-refractivity contribution < 1.29 is 5.11 Å². The van der Waals surface area contributed by atoms with E-state index in [9.17, 15) is 5.11 Å². The maximum absolute atomic E-state index is 9.66. The number of likely N-dealkylation sites (N-methyl/N-ethyl adjacent to an activating group) is 1. The second-order valence-electron chi connectivity index (χ2n) is 5.23. The van der Waals surface area contributed by atoms with Gasteiger partial charge >= 0.3 is 0 Å². The average Bonchev–Trinajstić information content (AvgIpc) is 2.22. The first-order valence-corrected chi connectivity index (χ1v) is 5.86. The Balaban J connectivity index is 2.54. The molecule has 4 nitrogen and oxygen atoms in total. The Morgan fingerprint density at radius 3 is 2.59 bits per heavy atom. The lowest BCUT2D eigenvalue weighted by Gasteiger charge is -2.32. The molecule has 1 aromatic heterocycles. The van der Waals surface area contributed by atoms with Gasteiger partial charge in [-0.05, 0) is 47.0 Å². The molecule has 0 aliphatic heterocycles. The van der Waals surface area contributed by atoms with E-state index in [-0.39, 0.29) is 11.3 Å². The highest BCUT2D eigenvalue weighted by Gasteiger charge is 2.19. The lowest BCUT2D eigenvalue weighted by Crippen LogP contribution is -2.46. The number of nitrogens with one attached hydrogen (secondary N) is 1. The predicted octanol–water partition coefficient (Wildman–Crippen LogP) is 1.53. The van der Waals surface area contributed by atoms with Gasteiger partial charge < -0.3 is 15.3 Å². The van der Waals surface area contributed by atoms with Crippen LogP contribution in [0.25, 0.3) is 0 Å². The standard InChI is InChI=1S/C13H23N3O/c1-10-6-7-12(17)11(15-10)8-14-9-13(2,3)16(4)5/h6-7,14,17H,8-9H2,1-5H3. The molecule has 1 rings (SSSR count). The zero-order chi connectivity index (χ0) is 13.1. The van der Waals surface area contributed by atoms with Crippen molar-refractivity contribution in [3.05, 3.63) is 23.5 Å². The van der Waals surface area contributed by atoms with Crippen LogP contribution in [0, 0.1) is 6.92 Å². The van der Waals surface area contributed by atoms with E-state index in [1.165, 1.54) is 0 Å². The Morgan fingerprint density at radius 1 is 1.35 bits per heavy atom. The Labute approximate surface area is 104 Å². The fourth-order valence-electron chi connectivity index (χ4n) is 1.38. The van der Waals surface area contributed by atoms with E-state index in [1.54, 1.807) is 6.07 Å². The second kappa shape index (κ2) is 5.47. The monoisotopic (exact) mass is 237 g/mol. The maximum atomic E-state index is 9.66. The van der Waals surface area contributed by atoms with Crippen LogP contribution in [0.3, 0.4) is 0 Å². The minimum absolute atomic E-state index is 0.0828. The van der Waals surface area contributed by atoms with Gasteiger partial charge in [-0.3, -0.25) is 4.98 Å². The van der Waals surface area contributed by atoms with Crippen molar-refractivity contribution in [2.75, 3.05) is 20.6 Å². The zero-order valence-electron chi connectivity index (χ0n) is 11.4. The third kappa shape index (κ3) is 3.98. The molecule has 0 unspecified atom stereocenters. The number of aryl methyl sites for hydroxylation is 1. The Hall–Kier alpha value is -1.13. The van der Waals surface area contributed by atoms with Crippen LogP contribution in [-0.2, 0) is 6.54 Å². The van der Waals surface area contributed by atoms with E-state index < -0.39 is 0 Å². The predicted molar refractivity (Wildman–Crippen MR) is 70.1 cm³/mol. The van der Waals surface area contributed by atoms with E-state index in [4.69, 9.17) is 0 Å². The summed E-state index contributed by atoms with van der Waals surface area (Å²) in [5.41, 5.74) is 1.71. The van der Waals surface area contributed by atoms with Crippen molar-refractivity contribution in [3.8, 4) is 5.75 Å². The van der Waals surface area contributed by atoms with E-state index in [0.717, 1.165) is 12.2 Å². The molecule has 0 aliphatic rings. The highest BCUT2D eigenvalue weighted by atomic mass is 16.3. The topological polar surface area (TPSA) is 48.4 Å². The van der Waals surface area contributed by atoms with Crippen LogP contribution in [-0.4, -0.2) is 41.2 Å². The smallest absolute Gasteiger partial charge is 0.138 e. The number of aromatic nitrogens is 1. The van der Waals surface area contributed by atoms with Gasteiger partial charge in [0.2, 0.25) is 0 Å². The Kier molecular flexibility index (Phi) is 4.48. The third-order valence-electron chi connectivity index (χ3n) is 3.15. The van der Waals surface area contributed by atoms with Crippen molar-refractivity contribution in [3.63, 3.8) is 0 Å². The van der Waals surface area contributed by atoms with Crippen molar-refractivity contribution in [1.82, 2.24) is 15.2 Å². The number of hydrogen-bond acceptors (Lipinski definition) is 4. The molecule has 0 aliphatic carbocycles. The molecule has 0 radical (unpaired) electrons. The molecular weight excluding hydrogens is 214 g/mol. The van der Waals surface area contributed by atoms with Gasteiger partial charge in [0, 0.05) is 24.3 Å². The van der Waals surface area contributed by atoms with Crippen LogP contribution in [0.4, 0.5) is 0 Å². The fraction of sp³-hybridized carbons (Fsp3) is 0.615. The van der Waals surface area contributed by atoms with E-state index in [1.807, 2.05) is 13.0 Å². The van der Waals surface area contributed by atoms with Crippen molar-refractivity contribution >= 4 is 0 Å². The van der Waals surface area contributed by atoms with E-state index >= 15 is 0 Å². The van der Waals surface area contributed by atoms with Gasteiger partial charge in [0.25, 0.3) is 0 Å².